The summed E-state index contributed by atoms with van der Waals surface area (Å²) in [7, 11) is 3.49. The molecule has 0 fully saturated rings. The molecule has 0 aliphatic heterocycles. The van der Waals surface area contributed by atoms with Crippen molar-refractivity contribution in [2.24, 2.45) is 4.99 Å². The average molecular weight is 439 g/mol. The van der Waals surface area contributed by atoms with E-state index in [2.05, 4.69) is 65.0 Å². The Kier molecular flexibility index (Phi) is 9.41. The zero-order valence-corrected chi connectivity index (χ0v) is 16.8. The maximum Gasteiger partial charge on any atom is 0.191 e. The number of guanidine groups is 1. The van der Waals surface area contributed by atoms with Gasteiger partial charge in [0.2, 0.25) is 0 Å². The van der Waals surface area contributed by atoms with Crippen molar-refractivity contribution >= 4 is 29.9 Å². The van der Waals surface area contributed by atoms with Gasteiger partial charge in [-0.3, -0.25) is 4.99 Å². The standard InChI is InChI=1S/C19H25N3O.HI/c1-15-6-4-7-16(10-15)12-21-19(20-2)22-13-17-8-5-9-18(11-17)14-23-3;/h4-11H,12-14H2,1-3H3,(H2,20,21,22);1H. The second kappa shape index (κ2) is 11.0. The van der Waals surface area contributed by atoms with Crippen molar-refractivity contribution < 1.29 is 4.74 Å². The molecule has 0 amide bonds. The zero-order chi connectivity index (χ0) is 16.5. The monoisotopic (exact) mass is 439 g/mol. The number of nitrogens with zero attached hydrogens (tertiary/aromatic N) is 1. The van der Waals surface area contributed by atoms with Crippen LogP contribution < -0.4 is 10.6 Å². The minimum absolute atomic E-state index is 0. The molecule has 0 heterocycles. The second-order valence-corrected chi connectivity index (χ2v) is 5.52. The van der Waals surface area contributed by atoms with Gasteiger partial charge >= 0.3 is 0 Å². The molecule has 24 heavy (non-hydrogen) atoms. The van der Waals surface area contributed by atoms with Gasteiger partial charge in [-0.25, -0.2) is 0 Å². The Morgan fingerprint density at radius 1 is 0.958 bits per heavy atom. The van der Waals surface area contributed by atoms with Gasteiger partial charge in [0.1, 0.15) is 0 Å². The molecule has 0 radical (unpaired) electrons. The highest BCUT2D eigenvalue weighted by Crippen LogP contribution is 2.06. The van der Waals surface area contributed by atoms with Crippen LogP contribution in [-0.2, 0) is 24.4 Å². The fraction of sp³-hybridized carbons (Fsp3) is 0.316. The summed E-state index contributed by atoms with van der Waals surface area (Å²) in [6.45, 7) is 4.22. The third kappa shape index (κ3) is 6.88. The van der Waals surface area contributed by atoms with Crippen LogP contribution in [0.3, 0.4) is 0 Å². The molecule has 2 rings (SSSR count). The summed E-state index contributed by atoms with van der Waals surface area (Å²) in [4.78, 5) is 4.27. The first-order chi connectivity index (χ1) is 11.2. The molecule has 0 aliphatic rings. The lowest BCUT2D eigenvalue weighted by atomic mass is 10.1. The number of hydrogen-bond donors (Lipinski definition) is 2. The van der Waals surface area contributed by atoms with Crippen molar-refractivity contribution in [2.45, 2.75) is 26.6 Å². The van der Waals surface area contributed by atoms with Gasteiger partial charge in [0.15, 0.2) is 5.96 Å². The summed E-state index contributed by atoms with van der Waals surface area (Å²) in [6.07, 6.45) is 0. The normalized spacial score (nSPS) is 10.9. The van der Waals surface area contributed by atoms with Crippen LogP contribution in [0.2, 0.25) is 0 Å². The number of methoxy groups -OCH3 is 1. The SMILES string of the molecule is CN=C(NCc1cccc(C)c1)NCc1cccc(COC)c1.I. The fourth-order valence-corrected chi connectivity index (χ4v) is 2.41. The third-order valence-corrected chi connectivity index (χ3v) is 3.53. The van der Waals surface area contributed by atoms with Crippen LogP contribution in [0.25, 0.3) is 0 Å². The first-order valence-electron chi connectivity index (χ1n) is 7.78. The minimum Gasteiger partial charge on any atom is -0.380 e. The van der Waals surface area contributed by atoms with Crippen molar-refractivity contribution in [3.8, 4) is 0 Å². The third-order valence-electron chi connectivity index (χ3n) is 3.53. The summed E-state index contributed by atoms with van der Waals surface area (Å²) in [6, 6.07) is 16.8. The van der Waals surface area contributed by atoms with Crippen LogP contribution >= 0.6 is 24.0 Å². The minimum atomic E-state index is 0. The number of nitrogens with one attached hydrogen (secondary N) is 2. The zero-order valence-electron chi connectivity index (χ0n) is 14.5. The van der Waals surface area contributed by atoms with Crippen LogP contribution in [-0.4, -0.2) is 20.1 Å². The van der Waals surface area contributed by atoms with Crippen LogP contribution in [0.4, 0.5) is 0 Å². The molecule has 0 aliphatic carbocycles. The van der Waals surface area contributed by atoms with E-state index in [0.717, 1.165) is 19.0 Å². The molecule has 0 aromatic heterocycles. The van der Waals surface area contributed by atoms with E-state index in [4.69, 9.17) is 4.74 Å². The quantitative estimate of drug-likeness (QED) is 0.411. The Balaban J connectivity index is 0.00000288. The molecule has 130 valence electrons. The van der Waals surface area contributed by atoms with Gasteiger partial charge in [-0.1, -0.05) is 54.1 Å². The van der Waals surface area contributed by atoms with E-state index in [0.29, 0.717) is 6.61 Å². The molecular weight excluding hydrogens is 413 g/mol. The van der Waals surface area contributed by atoms with Gasteiger partial charge in [0.25, 0.3) is 0 Å². The van der Waals surface area contributed by atoms with Crippen molar-refractivity contribution in [2.75, 3.05) is 14.2 Å². The molecule has 2 aromatic carbocycles. The average Bonchev–Trinajstić information content (AvgIpc) is 2.56. The van der Waals surface area contributed by atoms with Crippen LogP contribution in [0, 0.1) is 6.92 Å². The number of rotatable bonds is 6. The first-order valence-corrected chi connectivity index (χ1v) is 7.78. The van der Waals surface area contributed by atoms with Gasteiger partial charge in [-0.05, 0) is 23.6 Å². The predicted octanol–water partition coefficient (Wildman–Crippen LogP) is 3.62. The molecule has 0 saturated heterocycles. The molecule has 0 saturated carbocycles. The Hall–Kier alpha value is -1.60. The Morgan fingerprint density at radius 3 is 2.12 bits per heavy atom. The number of aryl methyl sites for hydroxylation is 1. The molecular formula is C19H26IN3O. The number of hydrogen-bond acceptors (Lipinski definition) is 2. The highest BCUT2D eigenvalue weighted by molar-refractivity contribution is 14.0. The number of halogens is 1. The maximum absolute atomic E-state index is 5.17. The summed E-state index contributed by atoms with van der Waals surface area (Å²) < 4.78 is 5.17. The van der Waals surface area contributed by atoms with Gasteiger partial charge in [-0.2, -0.15) is 0 Å². The van der Waals surface area contributed by atoms with E-state index in [-0.39, 0.29) is 24.0 Å². The van der Waals surface area contributed by atoms with Gasteiger partial charge in [0.05, 0.1) is 6.61 Å². The molecule has 4 nitrogen and oxygen atoms in total. The van der Waals surface area contributed by atoms with E-state index in [1.54, 1.807) is 14.2 Å². The number of aliphatic imine (C=N–C) groups is 1. The highest BCUT2D eigenvalue weighted by Gasteiger charge is 2.00. The van der Waals surface area contributed by atoms with Gasteiger partial charge in [0, 0.05) is 27.2 Å². The molecule has 0 unspecified atom stereocenters. The number of benzene rings is 2. The van der Waals surface area contributed by atoms with E-state index in [9.17, 15) is 0 Å². The summed E-state index contributed by atoms with van der Waals surface area (Å²) in [5, 5.41) is 6.68. The number of ether oxygens (including phenoxy) is 1. The summed E-state index contributed by atoms with van der Waals surface area (Å²) >= 11 is 0. The van der Waals surface area contributed by atoms with E-state index in [1.807, 2.05) is 6.07 Å². The van der Waals surface area contributed by atoms with Crippen molar-refractivity contribution in [1.29, 1.82) is 0 Å². The van der Waals surface area contributed by atoms with Crippen molar-refractivity contribution in [1.82, 2.24) is 10.6 Å². The maximum atomic E-state index is 5.17. The molecule has 0 spiro atoms. The van der Waals surface area contributed by atoms with Crippen molar-refractivity contribution in [3.63, 3.8) is 0 Å². The Bertz CT molecular complexity index is 659. The van der Waals surface area contributed by atoms with Gasteiger partial charge in [-0.15, -0.1) is 24.0 Å². The lowest BCUT2D eigenvalue weighted by Gasteiger charge is -2.13. The predicted molar refractivity (Wildman–Crippen MR) is 111 cm³/mol. The fourth-order valence-electron chi connectivity index (χ4n) is 2.41. The largest absolute Gasteiger partial charge is 0.380 e. The topological polar surface area (TPSA) is 45.7 Å². The lowest BCUT2D eigenvalue weighted by molar-refractivity contribution is 0.185. The van der Waals surface area contributed by atoms with Gasteiger partial charge < -0.3 is 15.4 Å². The second-order valence-electron chi connectivity index (χ2n) is 5.52. The summed E-state index contributed by atoms with van der Waals surface area (Å²) in [5.74, 6) is 0.795. The Morgan fingerprint density at radius 2 is 1.54 bits per heavy atom. The molecule has 2 aromatic rings. The lowest BCUT2D eigenvalue weighted by Crippen LogP contribution is -2.36. The molecule has 2 N–H and O–H groups in total. The van der Waals surface area contributed by atoms with E-state index >= 15 is 0 Å². The highest BCUT2D eigenvalue weighted by atomic mass is 127. The molecule has 0 atom stereocenters. The summed E-state index contributed by atoms with van der Waals surface area (Å²) in [5.41, 5.74) is 4.89. The van der Waals surface area contributed by atoms with Crippen molar-refractivity contribution in [3.05, 3.63) is 70.8 Å². The Labute approximate surface area is 161 Å². The molecule has 5 heteroatoms. The van der Waals surface area contributed by atoms with E-state index in [1.165, 1.54) is 22.3 Å². The molecule has 0 bridgehead atoms. The van der Waals surface area contributed by atoms with Crippen LogP contribution in [0.5, 0.6) is 0 Å². The van der Waals surface area contributed by atoms with Crippen LogP contribution in [0.1, 0.15) is 22.3 Å². The smallest absolute Gasteiger partial charge is 0.191 e. The van der Waals surface area contributed by atoms with E-state index < -0.39 is 0 Å². The van der Waals surface area contributed by atoms with Crippen LogP contribution in [0.15, 0.2) is 53.5 Å². The first kappa shape index (κ1) is 20.4.